The Hall–Kier alpha value is -0.0800. The molecule has 1 unspecified atom stereocenters. The summed E-state index contributed by atoms with van der Waals surface area (Å²) in [5.41, 5.74) is 0. The third-order valence-corrected chi connectivity index (χ3v) is 1.61. The summed E-state index contributed by atoms with van der Waals surface area (Å²) in [6.45, 7) is 7.48. The van der Waals surface area contributed by atoms with E-state index >= 15 is 0 Å². The summed E-state index contributed by atoms with van der Waals surface area (Å²) in [7, 11) is 3.88. The second kappa shape index (κ2) is 8.02. The van der Waals surface area contributed by atoms with Crippen molar-refractivity contribution in [1.29, 1.82) is 0 Å². The zero-order valence-corrected chi connectivity index (χ0v) is 7.55. The van der Waals surface area contributed by atoms with Crippen LogP contribution in [0.4, 0.5) is 0 Å². The second-order valence-electron chi connectivity index (χ2n) is 2.92. The van der Waals surface area contributed by atoms with Crippen molar-refractivity contribution in [2.45, 2.75) is 21.3 Å². The molecule has 70 valence electrons. The van der Waals surface area contributed by atoms with E-state index in [-0.39, 0.29) is 7.43 Å². The molecule has 0 aromatic carbocycles. The molecular weight excluding hydrogens is 138 g/mol. The number of nitrogens with zero attached hydrogens (tertiary/aromatic N) is 1. The average Bonchev–Trinajstić information content (AvgIpc) is 1.88. The molecule has 0 amide bonds. The fourth-order valence-electron chi connectivity index (χ4n) is 0.998. The van der Waals surface area contributed by atoms with Gasteiger partial charge >= 0.3 is 0 Å². The topological polar surface area (TPSA) is 12.5 Å². The normalized spacial score (nSPS) is 12.8. The molecule has 0 aliphatic rings. The molecule has 11 heavy (non-hydrogen) atoms. The molecule has 1 atom stereocenters. The molecule has 0 aromatic rings. The van der Waals surface area contributed by atoms with E-state index in [1.807, 2.05) is 0 Å². The molecule has 0 fully saturated rings. The second-order valence-corrected chi connectivity index (χ2v) is 2.92. The first-order valence-electron chi connectivity index (χ1n) is 3.88. The highest BCUT2D eigenvalue weighted by molar-refractivity contribution is 4.55. The smallest absolute Gasteiger partial charge is 0.0500 e. The van der Waals surface area contributed by atoms with Gasteiger partial charge in [0.25, 0.3) is 0 Å². The van der Waals surface area contributed by atoms with Crippen molar-refractivity contribution in [2.24, 2.45) is 5.92 Å². The third kappa shape index (κ3) is 7.82. The number of hydrogen-bond donors (Lipinski definition) is 0. The Morgan fingerprint density at radius 1 is 1.45 bits per heavy atom. The third-order valence-electron chi connectivity index (χ3n) is 1.61. The Kier molecular flexibility index (Phi) is 9.85. The molecule has 0 N–H and O–H groups in total. The van der Waals surface area contributed by atoms with Crippen LogP contribution in [-0.4, -0.2) is 38.8 Å². The first-order chi connectivity index (χ1) is 4.70. The number of rotatable bonds is 5. The summed E-state index contributed by atoms with van der Waals surface area (Å²) in [5.74, 6) is 0.648. The van der Waals surface area contributed by atoms with Gasteiger partial charge in [0.2, 0.25) is 0 Å². The predicted molar refractivity (Wildman–Crippen MR) is 50.9 cm³/mol. The summed E-state index contributed by atoms with van der Waals surface area (Å²) in [6, 6.07) is 0. The van der Waals surface area contributed by atoms with Crippen LogP contribution in [0.15, 0.2) is 0 Å². The van der Waals surface area contributed by atoms with Gasteiger partial charge in [-0.25, -0.2) is 0 Å². The molecule has 0 aliphatic carbocycles. The van der Waals surface area contributed by atoms with E-state index in [0.29, 0.717) is 5.92 Å². The maximum atomic E-state index is 5.02. The monoisotopic (exact) mass is 161 g/mol. The van der Waals surface area contributed by atoms with Gasteiger partial charge in [-0.1, -0.05) is 21.3 Å². The minimum Gasteiger partial charge on any atom is -0.384 e. The number of ether oxygens (including phenoxy) is 1. The molecule has 0 bridgehead atoms. The van der Waals surface area contributed by atoms with E-state index in [2.05, 4.69) is 25.8 Å². The highest BCUT2D eigenvalue weighted by Gasteiger charge is 2.02. The zero-order valence-electron chi connectivity index (χ0n) is 7.55. The highest BCUT2D eigenvalue weighted by Crippen LogP contribution is 1.96. The van der Waals surface area contributed by atoms with Gasteiger partial charge in [-0.05, 0) is 19.5 Å². The summed E-state index contributed by atoms with van der Waals surface area (Å²) < 4.78 is 5.02. The van der Waals surface area contributed by atoms with Gasteiger partial charge in [0.1, 0.15) is 0 Å². The molecule has 0 rings (SSSR count). The Bertz CT molecular complexity index is 76.0. The molecule has 0 radical (unpaired) electrons. The summed E-state index contributed by atoms with van der Waals surface area (Å²) in [5, 5.41) is 0. The van der Waals surface area contributed by atoms with Gasteiger partial charge in [0.05, 0.1) is 0 Å². The van der Waals surface area contributed by atoms with Gasteiger partial charge in [0.15, 0.2) is 0 Å². The fraction of sp³-hybridized carbons (Fsp3) is 1.00. The van der Waals surface area contributed by atoms with Crippen LogP contribution in [-0.2, 0) is 4.74 Å². The average molecular weight is 161 g/mol. The fourth-order valence-corrected chi connectivity index (χ4v) is 0.998. The van der Waals surface area contributed by atoms with Crippen LogP contribution in [0.5, 0.6) is 0 Å². The standard InChI is InChI=1S/C8H19NO.CH4/c1-5-9(3)6-8(2)7-10-4;/h8H,5-7H2,1-4H3;1H4. The SMILES string of the molecule is C.CCN(C)CC(C)COC. The van der Waals surface area contributed by atoms with E-state index in [1.54, 1.807) is 7.11 Å². The quantitative estimate of drug-likeness (QED) is 0.610. The van der Waals surface area contributed by atoms with Crippen molar-refractivity contribution < 1.29 is 4.74 Å². The van der Waals surface area contributed by atoms with Gasteiger partial charge in [-0.3, -0.25) is 0 Å². The Morgan fingerprint density at radius 3 is 2.36 bits per heavy atom. The Balaban J connectivity index is 0. The summed E-state index contributed by atoms with van der Waals surface area (Å²) in [4.78, 5) is 2.30. The molecule has 0 saturated heterocycles. The molecule has 0 saturated carbocycles. The summed E-state index contributed by atoms with van der Waals surface area (Å²) >= 11 is 0. The lowest BCUT2D eigenvalue weighted by Gasteiger charge is -2.18. The van der Waals surface area contributed by atoms with Crippen LogP contribution in [0.3, 0.4) is 0 Å². The maximum absolute atomic E-state index is 5.02. The lowest BCUT2D eigenvalue weighted by molar-refractivity contribution is 0.139. The first kappa shape index (κ1) is 13.5. The minimum atomic E-state index is 0. The van der Waals surface area contributed by atoms with E-state index in [0.717, 1.165) is 19.7 Å². The molecular formula is C9H23NO. The molecule has 2 nitrogen and oxygen atoms in total. The molecule has 0 aliphatic heterocycles. The lowest BCUT2D eigenvalue weighted by atomic mass is 10.2. The zero-order chi connectivity index (χ0) is 7.98. The predicted octanol–water partition coefficient (Wildman–Crippen LogP) is 1.86. The van der Waals surface area contributed by atoms with Crippen molar-refractivity contribution in [3.8, 4) is 0 Å². The molecule has 0 heterocycles. The van der Waals surface area contributed by atoms with Gasteiger partial charge in [-0.2, -0.15) is 0 Å². The molecule has 2 heteroatoms. The van der Waals surface area contributed by atoms with Crippen LogP contribution in [0.1, 0.15) is 21.3 Å². The van der Waals surface area contributed by atoms with E-state index in [9.17, 15) is 0 Å². The lowest BCUT2D eigenvalue weighted by Crippen LogP contribution is -2.26. The van der Waals surface area contributed by atoms with E-state index in [4.69, 9.17) is 4.74 Å². The summed E-state index contributed by atoms with van der Waals surface area (Å²) in [6.07, 6.45) is 0. The van der Waals surface area contributed by atoms with Gasteiger partial charge in [0, 0.05) is 20.3 Å². The first-order valence-corrected chi connectivity index (χ1v) is 3.88. The van der Waals surface area contributed by atoms with Crippen LogP contribution in [0, 0.1) is 5.92 Å². The largest absolute Gasteiger partial charge is 0.384 e. The Labute approximate surface area is 71.5 Å². The minimum absolute atomic E-state index is 0. The number of methoxy groups -OCH3 is 1. The van der Waals surface area contributed by atoms with Crippen molar-refractivity contribution in [1.82, 2.24) is 4.90 Å². The van der Waals surface area contributed by atoms with Crippen LogP contribution in [0.2, 0.25) is 0 Å². The van der Waals surface area contributed by atoms with E-state index < -0.39 is 0 Å². The van der Waals surface area contributed by atoms with Crippen LogP contribution >= 0.6 is 0 Å². The maximum Gasteiger partial charge on any atom is 0.0500 e. The van der Waals surface area contributed by atoms with Gasteiger partial charge < -0.3 is 9.64 Å². The van der Waals surface area contributed by atoms with E-state index in [1.165, 1.54) is 0 Å². The van der Waals surface area contributed by atoms with Crippen LogP contribution < -0.4 is 0 Å². The Morgan fingerprint density at radius 2 is 2.00 bits per heavy atom. The van der Waals surface area contributed by atoms with Gasteiger partial charge in [-0.15, -0.1) is 0 Å². The van der Waals surface area contributed by atoms with Crippen molar-refractivity contribution in [3.05, 3.63) is 0 Å². The molecule has 0 spiro atoms. The van der Waals surface area contributed by atoms with Crippen molar-refractivity contribution >= 4 is 0 Å². The van der Waals surface area contributed by atoms with Crippen molar-refractivity contribution in [3.63, 3.8) is 0 Å². The molecule has 0 aromatic heterocycles. The van der Waals surface area contributed by atoms with Crippen LogP contribution in [0.25, 0.3) is 0 Å². The van der Waals surface area contributed by atoms with Crippen molar-refractivity contribution in [2.75, 3.05) is 33.9 Å². The highest BCUT2D eigenvalue weighted by atomic mass is 16.5. The number of hydrogen-bond acceptors (Lipinski definition) is 2.